The zero-order valence-electron chi connectivity index (χ0n) is 16.6. The van der Waals surface area contributed by atoms with E-state index in [1.807, 2.05) is 4.90 Å². The van der Waals surface area contributed by atoms with Gasteiger partial charge in [-0.1, -0.05) is 6.42 Å². The zero-order valence-corrected chi connectivity index (χ0v) is 18.9. The third-order valence-corrected chi connectivity index (χ3v) is 5.92. The van der Waals surface area contributed by atoms with Crippen molar-refractivity contribution in [2.75, 3.05) is 58.9 Å². The molecule has 1 saturated carbocycles. The summed E-state index contributed by atoms with van der Waals surface area (Å²) in [6.45, 7) is 9.65. The summed E-state index contributed by atoms with van der Waals surface area (Å²) in [6.07, 6.45) is 5.23. The van der Waals surface area contributed by atoms with E-state index < -0.39 is 0 Å². The number of aliphatic imine (C=N–C) groups is 1. The van der Waals surface area contributed by atoms with E-state index in [0.29, 0.717) is 19.0 Å². The van der Waals surface area contributed by atoms with Gasteiger partial charge in [0.25, 0.3) is 0 Å². The first kappa shape index (κ1) is 22.7. The largest absolute Gasteiger partial charge is 0.393 e. The lowest BCUT2D eigenvalue weighted by Crippen LogP contribution is -2.54. The first-order chi connectivity index (χ1) is 12.7. The van der Waals surface area contributed by atoms with E-state index in [-0.39, 0.29) is 36.0 Å². The second-order valence-electron chi connectivity index (χ2n) is 7.80. The molecule has 1 amide bonds. The summed E-state index contributed by atoms with van der Waals surface area (Å²) >= 11 is 0. The highest BCUT2D eigenvalue weighted by molar-refractivity contribution is 14.0. The monoisotopic (exact) mass is 493 g/mol. The summed E-state index contributed by atoms with van der Waals surface area (Å²) < 4.78 is 0. The van der Waals surface area contributed by atoms with Crippen molar-refractivity contribution in [2.24, 2.45) is 10.9 Å². The number of carbonyl (C=O) groups is 1. The molecule has 0 aromatic heterocycles. The fraction of sp³-hybridized carbons (Fsp3) is 0.895. The van der Waals surface area contributed by atoms with Crippen molar-refractivity contribution >= 4 is 35.8 Å². The predicted octanol–water partition coefficient (Wildman–Crippen LogP) is 0.971. The van der Waals surface area contributed by atoms with Gasteiger partial charge in [0.2, 0.25) is 5.91 Å². The van der Waals surface area contributed by atoms with Crippen molar-refractivity contribution in [3.05, 3.63) is 0 Å². The molecule has 3 aliphatic rings. The van der Waals surface area contributed by atoms with Gasteiger partial charge in [-0.25, -0.2) is 0 Å². The van der Waals surface area contributed by atoms with Crippen molar-refractivity contribution < 1.29 is 9.90 Å². The SMILES string of the molecule is CCNC(=NCC1CCCC1O)N1CCN(CC(=O)N2CCCC2)CC1.I. The lowest BCUT2D eigenvalue weighted by Gasteiger charge is -2.36. The van der Waals surface area contributed by atoms with Gasteiger partial charge < -0.3 is 20.2 Å². The minimum absolute atomic E-state index is 0. The van der Waals surface area contributed by atoms with Gasteiger partial charge in [-0.2, -0.15) is 0 Å². The molecule has 0 aromatic rings. The Morgan fingerprint density at radius 3 is 2.33 bits per heavy atom. The Hall–Kier alpha value is -0.610. The van der Waals surface area contributed by atoms with E-state index in [1.54, 1.807) is 0 Å². The van der Waals surface area contributed by atoms with Gasteiger partial charge in [-0.15, -0.1) is 24.0 Å². The summed E-state index contributed by atoms with van der Waals surface area (Å²) in [5.74, 6) is 1.55. The van der Waals surface area contributed by atoms with Gasteiger partial charge in [0, 0.05) is 58.3 Å². The summed E-state index contributed by atoms with van der Waals surface area (Å²) in [5.41, 5.74) is 0. The van der Waals surface area contributed by atoms with Crippen LogP contribution in [-0.4, -0.2) is 96.7 Å². The van der Waals surface area contributed by atoms with Gasteiger partial charge in [-0.3, -0.25) is 14.7 Å². The van der Waals surface area contributed by atoms with Crippen molar-refractivity contribution in [3.63, 3.8) is 0 Å². The number of aliphatic hydroxyl groups is 1. The van der Waals surface area contributed by atoms with Crippen LogP contribution in [0.2, 0.25) is 0 Å². The molecule has 2 atom stereocenters. The van der Waals surface area contributed by atoms with Crippen molar-refractivity contribution in [2.45, 2.75) is 45.1 Å². The zero-order chi connectivity index (χ0) is 18.4. The van der Waals surface area contributed by atoms with E-state index in [2.05, 4.69) is 22.0 Å². The molecular formula is C19H36IN5O2. The molecule has 2 heterocycles. The number of rotatable bonds is 5. The van der Waals surface area contributed by atoms with Gasteiger partial charge >= 0.3 is 0 Å². The number of amides is 1. The predicted molar refractivity (Wildman–Crippen MR) is 119 cm³/mol. The van der Waals surface area contributed by atoms with Gasteiger partial charge in [-0.05, 0) is 32.6 Å². The molecule has 27 heavy (non-hydrogen) atoms. The fourth-order valence-corrected chi connectivity index (χ4v) is 4.24. The molecule has 156 valence electrons. The van der Waals surface area contributed by atoms with E-state index >= 15 is 0 Å². The van der Waals surface area contributed by atoms with Crippen LogP contribution in [0.3, 0.4) is 0 Å². The molecule has 1 aliphatic carbocycles. The van der Waals surface area contributed by atoms with E-state index in [4.69, 9.17) is 4.99 Å². The second kappa shape index (κ2) is 11.4. The Morgan fingerprint density at radius 1 is 1.04 bits per heavy atom. The number of guanidine groups is 1. The fourth-order valence-electron chi connectivity index (χ4n) is 4.24. The number of carbonyl (C=O) groups excluding carboxylic acids is 1. The molecule has 2 N–H and O–H groups in total. The molecule has 0 spiro atoms. The highest BCUT2D eigenvalue weighted by Crippen LogP contribution is 2.25. The Morgan fingerprint density at radius 2 is 1.74 bits per heavy atom. The first-order valence-corrected chi connectivity index (χ1v) is 10.4. The standard InChI is InChI=1S/C19H35N5O2.HI/c1-2-20-19(21-14-16-6-5-7-17(16)25)24-12-10-22(11-13-24)15-18(26)23-8-3-4-9-23;/h16-17,25H,2-15H2,1H3,(H,20,21);1H. The number of hydrogen-bond acceptors (Lipinski definition) is 4. The lowest BCUT2D eigenvalue weighted by molar-refractivity contribution is -0.131. The molecule has 7 nitrogen and oxygen atoms in total. The Bertz CT molecular complexity index is 490. The number of nitrogens with zero attached hydrogens (tertiary/aromatic N) is 4. The minimum Gasteiger partial charge on any atom is -0.393 e. The lowest BCUT2D eigenvalue weighted by atomic mass is 10.1. The van der Waals surface area contributed by atoms with Crippen LogP contribution in [0.15, 0.2) is 4.99 Å². The van der Waals surface area contributed by atoms with Gasteiger partial charge in [0.15, 0.2) is 5.96 Å². The highest BCUT2D eigenvalue weighted by atomic mass is 127. The number of halogens is 1. The number of hydrogen-bond donors (Lipinski definition) is 2. The molecule has 2 unspecified atom stereocenters. The van der Waals surface area contributed by atoms with E-state index in [1.165, 1.54) is 0 Å². The quantitative estimate of drug-likeness (QED) is 0.340. The third kappa shape index (κ3) is 6.45. The summed E-state index contributed by atoms with van der Waals surface area (Å²) in [7, 11) is 0. The van der Waals surface area contributed by atoms with Crippen LogP contribution in [0, 0.1) is 5.92 Å². The molecule has 3 fully saturated rings. The smallest absolute Gasteiger partial charge is 0.236 e. The van der Waals surface area contributed by atoms with Crippen molar-refractivity contribution in [3.8, 4) is 0 Å². The Labute approximate surface area is 180 Å². The van der Waals surface area contributed by atoms with Crippen LogP contribution < -0.4 is 5.32 Å². The Balaban J connectivity index is 0.00000261. The van der Waals surface area contributed by atoms with Crippen LogP contribution in [0.4, 0.5) is 0 Å². The summed E-state index contributed by atoms with van der Waals surface area (Å²) in [6, 6.07) is 0. The number of nitrogens with one attached hydrogen (secondary N) is 1. The third-order valence-electron chi connectivity index (χ3n) is 5.92. The van der Waals surface area contributed by atoms with Crippen LogP contribution >= 0.6 is 24.0 Å². The maximum atomic E-state index is 12.3. The molecule has 0 aromatic carbocycles. The average Bonchev–Trinajstić information content (AvgIpc) is 3.31. The topological polar surface area (TPSA) is 71.4 Å². The maximum Gasteiger partial charge on any atom is 0.236 e. The summed E-state index contributed by atoms with van der Waals surface area (Å²) in [5, 5.41) is 13.4. The molecule has 8 heteroatoms. The highest BCUT2D eigenvalue weighted by Gasteiger charge is 2.27. The van der Waals surface area contributed by atoms with Crippen LogP contribution in [0.25, 0.3) is 0 Å². The molecule has 3 rings (SSSR count). The van der Waals surface area contributed by atoms with E-state index in [0.717, 1.165) is 83.9 Å². The molecular weight excluding hydrogens is 457 g/mol. The maximum absolute atomic E-state index is 12.3. The molecule has 2 saturated heterocycles. The molecule has 0 radical (unpaired) electrons. The van der Waals surface area contributed by atoms with Crippen molar-refractivity contribution in [1.82, 2.24) is 20.0 Å². The number of likely N-dealkylation sites (tertiary alicyclic amines) is 1. The molecule has 2 aliphatic heterocycles. The number of piperazine rings is 1. The Kier molecular flexibility index (Phi) is 9.58. The normalized spacial score (nSPS) is 27.0. The van der Waals surface area contributed by atoms with Crippen LogP contribution in [0.1, 0.15) is 39.0 Å². The number of aliphatic hydroxyl groups excluding tert-OH is 1. The minimum atomic E-state index is -0.185. The van der Waals surface area contributed by atoms with Gasteiger partial charge in [0.1, 0.15) is 0 Å². The average molecular weight is 493 g/mol. The van der Waals surface area contributed by atoms with Crippen molar-refractivity contribution in [1.29, 1.82) is 0 Å². The van der Waals surface area contributed by atoms with E-state index in [9.17, 15) is 9.90 Å². The van der Waals surface area contributed by atoms with Crippen LogP contribution in [0.5, 0.6) is 0 Å². The first-order valence-electron chi connectivity index (χ1n) is 10.4. The van der Waals surface area contributed by atoms with Gasteiger partial charge in [0.05, 0.1) is 12.6 Å². The summed E-state index contributed by atoms with van der Waals surface area (Å²) in [4.78, 5) is 23.7. The second-order valence-corrected chi connectivity index (χ2v) is 7.80. The molecule has 0 bridgehead atoms. The van der Waals surface area contributed by atoms with Crippen LogP contribution in [-0.2, 0) is 4.79 Å².